The quantitative estimate of drug-likeness (QED) is 0.647. The Morgan fingerprint density at radius 3 is 2.35 bits per heavy atom. The van der Waals surface area contributed by atoms with Crippen molar-refractivity contribution < 1.29 is 19.0 Å². The van der Waals surface area contributed by atoms with Crippen molar-refractivity contribution in [3.8, 4) is 11.5 Å². The predicted molar refractivity (Wildman–Crippen MR) is 120 cm³/mol. The molecule has 0 amide bonds. The molecule has 1 unspecified atom stereocenters. The van der Waals surface area contributed by atoms with E-state index in [4.69, 9.17) is 14.2 Å². The highest BCUT2D eigenvalue weighted by Gasteiger charge is 2.42. The van der Waals surface area contributed by atoms with E-state index in [1.165, 1.54) is 0 Å². The zero-order valence-corrected chi connectivity index (χ0v) is 18.8. The summed E-state index contributed by atoms with van der Waals surface area (Å²) in [6, 6.07) is 18.0. The van der Waals surface area contributed by atoms with E-state index in [-0.39, 0.29) is 12.1 Å². The molecule has 2 aliphatic rings. The number of carbonyl (C=O) groups is 1. The molecule has 0 bridgehead atoms. The van der Waals surface area contributed by atoms with Crippen LogP contribution in [0.2, 0.25) is 0 Å². The first kappa shape index (κ1) is 21.7. The molecule has 4 rings (SSSR count). The molecule has 1 saturated heterocycles. The fourth-order valence-electron chi connectivity index (χ4n) is 4.19. The molecule has 2 aromatic rings. The summed E-state index contributed by atoms with van der Waals surface area (Å²) in [6.45, 7) is 9.03. The van der Waals surface area contributed by atoms with E-state index in [9.17, 15) is 4.79 Å². The lowest BCUT2D eigenvalue weighted by Gasteiger charge is -2.43. The van der Waals surface area contributed by atoms with Crippen molar-refractivity contribution in [2.24, 2.45) is 5.41 Å². The molecule has 5 heteroatoms. The number of piperidine rings is 1. The zero-order valence-electron chi connectivity index (χ0n) is 18.8. The van der Waals surface area contributed by atoms with Crippen LogP contribution in [0.5, 0.6) is 11.5 Å². The minimum absolute atomic E-state index is 0.0643. The lowest BCUT2D eigenvalue weighted by molar-refractivity contribution is -0.176. The number of ether oxygens (including phenoxy) is 3. The first-order valence-electron chi connectivity index (χ1n) is 11.3. The van der Waals surface area contributed by atoms with Crippen LogP contribution in [0.15, 0.2) is 54.6 Å². The molecule has 0 saturated carbocycles. The fraction of sp³-hybridized carbons (Fsp3) is 0.500. The van der Waals surface area contributed by atoms with Gasteiger partial charge in [-0.1, -0.05) is 42.5 Å². The van der Waals surface area contributed by atoms with Gasteiger partial charge < -0.3 is 19.1 Å². The maximum Gasteiger partial charge on any atom is 0.312 e. The first-order valence-corrected chi connectivity index (χ1v) is 11.3. The number of benzene rings is 2. The summed E-state index contributed by atoms with van der Waals surface area (Å²) in [5, 5.41) is 0. The van der Waals surface area contributed by atoms with Gasteiger partial charge in [-0.25, -0.2) is 0 Å². The van der Waals surface area contributed by atoms with Crippen LogP contribution in [-0.4, -0.2) is 43.2 Å². The molecule has 0 aliphatic carbocycles. The number of rotatable bonds is 5. The molecule has 0 N–H and O–H groups in total. The second kappa shape index (κ2) is 8.91. The van der Waals surface area contributed by atoms with Crippen molar-refractivity contribution in [1.29, 1.82) is 0 Å². The topological polar surface area (TPSA) is 48.0 Å². The number of carbonyl (C=O) groups excluding carboxylic acids is 1. The van der Waals surface area contributed by atoms with E-state index in [1.54, 1.807) is 0 Å². The lowest BCUT2D eigenvalue weighted by atomic mass is 9.83. The molecule has 2 heterocycles. The number of para-hydroxylation sites is 2. The van der Waals surface area contributed by atoms with Crippen LogP contribution in [-0.2, 0) is 15.1 Å². The van der Waals surface area contributed by atoms with E-state index in [0.717, 1.165) is 56.0 Å². The van der Waals surface area contributed by atoms with Gasteiger partial charge in [0.25, 0.3) is 0 Å². The predicted octanol–water partition coefficient (Wildman–Crippen LogP) is 4.80. The number of nitrogens with zero attached hydrogens (tertiary/aromatic N) is 1. The van der Waals surface area contributed by atoms with E-state index in [2.05, 4.69) is 17.0 Å². The molecule has 2 aromatic carbocycles. The molecule has 2 aliphatic heterocycles. The summed E-state index contributed by atoms with van der Waals surface area (Å²) >= 11 is 0. The molecule has 1 atom stereocenters. The first-order chi connectivity index (χ1) is 14.9. The monoisotopic (exact) mass is 423 g/mol. The average molecular weight is 424 g/mol. The normalized spacial score (nSPS) is 20.8. The van der Waals surface area contributed by atoms with E-state index < -0.39 is 11.0 Å². The molecule has 0 aromatic heterocycles. The molecule has 0 spiro atoms. The van der Waals surface area contributed by atoms with E-state index in [1.807, 2.05) is 63.2 Å². The van der Waals surface area contributed by atoms with Gasteiger partial charge in [-0.3, -0.25) is 4.79 Å². The number of hydrogen-bond donors (Lipinski definition) is 0. The maximum atomic E-state index is 12.8. The maximum absolute atomic E-state index is 12.8. The summed E-state index contributed by atoms with van der Waals surface area (Å²) in [4.78, 5) is 15.2. The SMILES string of the molecule is CC(C)(C)C(=O)OC1(c2ccccc2)CCN(CCC2COc3ccccc3O2)CC1. The molecule has 166 valence electrons. The molecule has 1 fully saturated rings. The number of esters is 1. The van der Waals surface area contributed by atoms with Crippen LogP contribution < -0.4 is 9.47 Å². The second-order valence-electron chi connectivity index (χ2n) is 9.63. The van der Waals surface area contributed by atoms with Crippen LogP contribution in [0.25, 0.3) is 0 Å². The zero-order chi connectivity index (χ0) is 21.9. The van der Waals surface area contributed by atoms with E-state index in [0.29, 0.717) is 6.61 Å². The van der Waals surface area contributed by atoms with Crippen molar-refractivity contribution in [2.45, 2.75) is 51.7 Å². The Kier molecular flexibility index (Phi) is 6.24. The van der Waals surface area contributed by atoms with Crippen molar-refractivity contribution >= 4 is 5.97 Å². The lowest BCUT2D eigenvalue weighted by Crippen LogP contribution is -2.47. The number of likely N-dealkylation sites (tertiary alicyclic amines) is 1. The Morgan fingerprint density at radius 1 is 1.03 bits per heavy atom. The van der Waals surface area contributed by atoms with Crippen LogP contribution in [0.4, 0.5) is 0 Å². The van der Waals surface area contributed by atoms with E-state index >= 15 is 0 Å². The van der Waals surface area contributed by atoms with Crippen molar-refractivity contribution in [2.75, 3.05) is 26.2 Å². The molecule has 0 radical (unpaired) electrons. The van der Waals surface area contributed by atoms with Crippen molar-refractivity contribution in [3.63, 3.8) is 0 Å². The van der Waals surface area contributed by atoms with Gasteiger partial charge in [0.15, 0.2) is 11.5 Å². The molecule has 5 nitrogen and oxygen atoms in total. The van der Waals surface area contributed by atoms with Gasteiger partial charge >= 0.3 is 5.97 Å². The second-order valence-corrected chi connectivity index (χ2v) is 9.63. The minimum Gasteiger partial charge on any atom is -0.486 e. The molecular formula is C26H33NO4. The van der Waals surface area contributed by atoms with Crippen LogP contribution in [0.1, 0.15) is 45.6 Å². The van der Waals surface area contributed by atoms with Crippen molar-refractivity contribution in [3.05, 3.63) is 60.2 Å². The van der Waals surface area contributed by atoms with Gasteiger partial charge in [0.05, 0.1) is 5.41 Å². The van der Waals surface area contributed by atoms with Crippen LogP contribution in [0, 0.1) is 5.41 Å². The molecule has 31 heavy (non-hydrogen) atoms. The third-order valence-corrected chi connectivity index (χ3v) is 6.20. The van der Waals surface area contributed by atoms with Crippen LogP contribution in [0.3, 0.4) is 0 Å². The molecular weight excluding hydrogens is 390 g/mol. The van der Waals surface area contributed by atoms with Gasteiger partial charge in [0.1, 0.15) is 18.3 Å². The highest BCUT2D eigenvalue weighted by Crippen LogP contribution is 2.39. The van der Waals surface area contributed by atoms with Gasteiger partial charge in [0.2, 0.25) is 0 Å². The standard InChI is InChI=1S/C26H33NO4/c1-25(2,3)24(28)31-26(20-9-5-4-6-10-20)14-17-27(18-15-26)16-13-21-19-29-22-11-7-8-12-23(22)30-21/h4-12,21H,13-19H2,1-3H3. The summed E-state index contributed by atoms with van der Waals surface area (Å²) < 4.78 is 18.1. The summed E-state index contributed by atoms with van der Waals surface area (Å²) in [5.41, 5.74) is 0.0202. The van der Waals surface area contributed by atoms with Crippen molar-refractivity contribution in [1.82, 2.24) is 4.90 Å². The summed E-state index contributed by atoms with van der Waals surface area (Å²) in [5.74, 6) is 1.51. The summed E-state index contributed by atoms with van der Waals surface area (Å²) in [7, 11) is 0. The van der Waals surface area contributed by atoms with Gasteiger partial charge in [-0.05, 0) is 38.5 Å². The summed E-state index contributed by atoms with van der Waals surface area (Å²) in [6.07, 6.45) is 2.57. The Labute approximate surface area is 185 Å². The highest BCUT2D eigenvalue weighted by molar-refractivity contribution is 5.76. The third kappa shape index (κ3) is 5.04. The fourth-order valence-corrected chi connectivity index (χ4v) is 4.19. The Hall–Kier alpha value is -2.53. The Bertz CT molecular complexity index is 882. The Morgan fingerprint density at radius 2 is 1.68 bits per heavy atom. The Balaban J connectivity index is 1.36. The smallest absolute Gasteiger partial charge is 0.312 e. The number of hydrogen-bond acceptors (Lipinski definition) is 5. The van der Waals surface area contributed by atoms with Crippen LogP contribution >= 0.6 is 0 Å². The third-order valence-electron chi connectivity index (χ3n) is 6.20. The highest BCUT2D eigenvalue weighted by atomic mass is 16.6. The van der Waals surface area contributed by atoms with Gasteiger partial charge in [-0.2, -0.15) is 0 Å². The minimum atomic E-state index is -0.550. The van der Waals surface area contributed by atoms with Gasteiger partial charge in [-0.15, -0.1) is 0 Å². The van der Waals surface area contributed by atoms with Gasteiger partial charge in [0, 0.05) is 38.9 Å². The number of fused-ring (bicyclic) bond motifs is 1. The average Bonchev–Trinajstić information content (AvgIpc) is 2.78. The largest absolute Gasteiger partial charge is 0.486 e.